The summed E-state index contributed by atoms with van der Waals surface area (Å²) in [6.45, 7) is 3.60. The lowest BCUT2D eigenvalue weighted by Crippen LogP contribution is -2.14. The van der Waals surface area contributed by atoms with Crippen LogP contribution >= 0.6 is 0 Å². The third-order valence-electron chi connectivity index (χ3n) is 2.31. The van der Waals surface area contributed by atoms with Gasteiger partial charge in [-0.3, -0.25) is 4.72 Å². The number of benzene rings is 1. The fourth-order valence-corrected chi connectivity index (χ4v) is 2.00. The number of ether oxygens (including phenoxy) is 1. The summed E-state index contributed by atoms with van der Waals surface area (Å²) in [5.74, 6) is 0.850. The summed E-state index contributed by atoms with van der Waals surface area (Å²) in [6.07, 6.45) is 0.796. The number of nitrogens with one attached hydrogen (secondary N) is 1. The highest BCUT2D eigenvalue weighted by Crippen LogP contribution is 2.23. The number of anilines is 1. The predicted octanol–water partition coefficient (Wildman–Crippen LogP) is 2.02. The van der Waals surface area contributed by atoms with Gasteiger partial charge in [0.25, 0.3) is 0 Å². The van der Waals surface area contributed by atoms with Crippen LogP contribution in [0.3, 0.4) is 0 Å². The Morgan fingerprint density at radius 3 is 2.50 bits per heavy atom. The first-order valence-corrected chi connectivity index (χ1v) is 6.85. The van der Waals surface area contributed by atoms with Crippen LogP contribution in [0, 0.1) is 0 Å². The Labute approximate surface area is 96.7 Å². The van der Waals surface area contributed by atoms with Crippen molar-refractivity contribution in [3.8, 4) is 5.75 Å². The van der Waals surface area contributed by atoms with Crippen molar-refractivity contribution in [2.24, 2.45) is 0 Å². The molecule has 0 saturated heterocycles. The second kappa shape index (κ2) is 5.21. The molecule has 0 spiro atoms. The van der Waals surface area contributed by atoms with Crippen LogP contribution in [0.4, 0.5) is 5.69 Å². The van der Waals surface area contributed by atoms with Crippen molar-refractivity contribution in [2.45, 2.75) is 20.3 Å². The zero-order valence-corrected chi connectivity index (χ0v) is 10.6. The predicted molar refractivity (Wildman–Crippen MR) is 65.5 cm³/mol. The molecule has 0 heterocycles. The summed E-state index contributed by atoms with van der Waals surface area (Å²) in [5.41, 5.74) is 1.57. The standard InChI is InChI=1S/C11H17NO3S/c1-4-9-8-10(6-7-11(9)15-3)12-16(13,14)5-2/h6-8,12H,4-5H2,1-3H3. The minimum atomic E-state index is -3.21. The minimum Gasteiger partial charge on any atom is -0.496 e. The number of hydrogen-bond donors (Lipinski definition) is 1. The van der Waals surface area contributed by atoms with E-state index in [4.69, 9.17) is 4.74 Å². The fraction of sp³-hybridized carbons (Fsp3) is 0.455. The van der Waals surface area contributed by atoms with Crippen molar-refractivity contribution < 1.29 is 13.2 Å². The molecule has 1 rings (SSSR count). The van der Waals surface area contributed by atoms with Gasteiger partial charge >= 0.3 is 0 Å². The number of rotatable bonds is 5. The van der Waals surface area contributed by atoms with Gasteiger partial charge in [-0.2, -0.15) is 0 Å². The van der Waals surface area contributed by atoms with Crippen LogP contribution in [-0.4, -0.2) is 21.3 Å². The van der Waals surface area contributed by atoms with Crippen LogP contribution in [-0.2, 0) is 16.4 Å². The zero-order chi connectivity index (χ0) is 12.2. The van der Waals surface area contributed by atoms with Crippen molar-refractivity contribution in [3.05, 3.63) is 23.8 Å². The van der Waals surface area contributed by atoms with Crippen molar-refractivity contribution >= 4 is 15.7 Å². The van der Waals surface area contributed by atoms with E-state index in [2.05, 4.69) is 4.72 Å². The van der Waals surface area contributed by atoms with Gasteiger partial charge in [-0.05, 0) is 37.1 Å². The van der Waals surface area contributed by atoms with E-state index in [0.717, 1.165) is 17.7 Å². The lowest BCUT2D eigenvalue weighted by Gasteiger charge is -2.10. The Hall–Kier alpha value is -1.23. The van der Waals surface area contributed by atoms with Crippen molar-refractivity contribution in [1.29, 1.82) is 0 Å². The molecule has 0 bridgehead atoms. The van der Waals surface area contributed by atoms with Crippen molar-refractivity contribution in [2.75, 3.05) is 17.6 Å². The summed E-state index contributed by atoms with van der Waals surface area (Å²) >= 11 is 0. The zero-order valence-electron chi connectivity index (χ0n) is 9.78. The van der Waals surface area contributed by atoms with Gasteiger partial charge in [-0.25, -0.2) is 8.42 Å². The SMILES string of the molecule is CCc1cc(NS(=O)(=O)CC)ccc1OC. The van der Waals surface area contributed by atoms with Crippen LogP contribution < -0.4 is 9.46 Å². The molecular formula is C11H17NO3S. The van der Waals surface area contributed by atoms with Gasteiger partial charge in [0, 0.05) is 5.69 Å². The van der Waals surface area contributed by atoms with Gasteiger partial charge in [0.2, 0.25) is 10.0 Å². The van der Waals surface area contributed by atoms with Crippen LogP contribution in [0.15, 0.2) is 18.2 Å². The smallest absolute Gasteiger partial charge is 0.232 e. The van der Waals surface area contributed by atoms with Gasteiger partial charge in [-0.1, -0.05) is 6.92 Å². The van der Waals surface area contributed by atoms with Crippen LogP contribution in [0.2, 0.25) is 0 Å². The van der Waals surface area contributed by atoms with E-state index in [1.165, 1.54) is 0 Å². The molecule has 0 saturated carbocycles. The monoisotopic (exact) mass is 243 g/mol. The molecule has 90 valence electrons. The van der Waals surface area contributed by atoms with E-state index in [1.807, 2.05) is 6.92 Å². The molecule has 0 aromatic heterocycles. The maximum Gasteiger partial charge on any atom is 0.232 e. The molecule has 16 heavy (non-hydrogen) atoms. The Morgan fingerprint density at radius 2 is 2.00 bits per heavy atom. The van der Waals surface area contributed by atoms with E-state index in [0.29, 0.717) is 5.69 Å². The Morgan fingerprint density at radius 1 is 1.31 bits per heavy atom. The molecule has 0 aliphatic carbocycles. The first-order chi connectivity index (χ1) is 7.52. The number of methoxy groups -OCH3 is 1. The maximum absolute atomic E-state index is 11.4. The normalized spacial score (nSPS) is 11.2. The number of sulfonamides is 1. The first kappa shape index (κ1) is 12.8. The Balaban J connectivity index is 3.00. The molecule has 1 N–H and O–H groups in total. The van der Waals surface area contributed by atoms with E-state index < -0.39 is 10.0 Å². The van der Waals surface area contributed by atoms with Gasteiger partial charge in [0.15, 0.2) is 0 Å². The van der Waals surface area contributed by atoms with E-state index in [1.54, 1.807) is 32.2 Å². The second-order valence-corrected chi connectivity index (χ2v) is 5.40. The van der Waals surface area contributed by atoms with Crippen LogP contribution in [0.5, 0.6) is 5.75 Å². The molecular weight excluding hydrogens is 226 g/mol. The van der Waals surface area contributed by atoms with Gasteiger partial charge in [0.05, 0.1) is 12.9 Å². The van der Waals surface area contributed by atoms with Crippen molar-refractivity contribution in [3.63, 3.8) is 0 Å². The molecule has 1 aromatic rings. The van der Waals surface area contributed by atoms with Crippen LogP contribution in [0.25, 0.3) is 0 Å². The lowest BCUT2D eigenvalue weighted by atomic mass is 10.1. The largest absolute Gasteiger partial charge is 0.496 e. The molecule has 0 unspecified atom stereocenters. The molecule has 0 atom stereocenters. The molecule has 1 aromatic carbocycles. The third kappa shape index (κ3) is 3.13. The lowest BCUT2D eigenvalue weighted by molar-refractivity contribution is 0.410. The highest BCUT2D eigenvalue weighted by atomic mass is 32.2. The van der Waals surface area contributed by atoms with Gasteiger partial charge in [0.1, 0.15) is 5.75 Å². The number of hydrogen-bond acceptors (Lipinski definition) is 3. The number of aryl methyl sites for hydroxylation is 1. The maximum atomic E-state index is 11.4. The van der Waals surface area contributed by atoms with Gasteiger partial charge in [-0.15, -0.1) is 0 Å². The summed E-state index contributed by atoms with van der Waals surface area (Å²) < 4.78 is 30.4. The van der Waals surface area contributed by atoms with E-state index >= 15 is 0 Å². The minimum absolute atomic E-state index is 0.0699. The fourth-order valence-electron chi connectivity index (χ4n) is 1.37. The summed E-state index contributed by atoms with van der Waals surface area (Å²) in [5, 5.41) is 0. The summed E-state index contributed by atoms with van der Waals surface area (Å²) in [6, 6.07) is 5.27. The highest BCUT2D eigenvalue weighted by molar-refractivity contribution is 7.92. The molecule has 4 nitrogen and oxygen atoms in total. The Bertz CT molecular complexity index is 454. The third-order valence-corrected chi connectivity index (χ3v) is 3.62. The molecule has 0 aliphatic rings. The topological polar surface area (TPSA) is 55.4 Å². The molecule has 0 amide bonds. The molecule has 0 radical (unpaired) electrons. The average Bonchev–Trinajstić information content (AvgIpc) is 2.28. The Kier molecular flexibility index (Phi) is 4.18. The van der Waals surface area contributed by atoms with Gasteiger partial charge < -0.3 is 4.74 Å². The van der Waals surface area contributed by atoms with E-state index in [9.17, 15) is 8.42 Å². The summed E-state index contributed by atoms with van der Waals surface area (Å²) in [7, 11) is -1.61. The van der Waals surface area contributed by atoms with Crippen molar-refractivity contribution in [1.82, 2.24) is 0 Å². The quantitative estimate of drug-likeness (QED) is 0.860. The first-order valence-electron chi connectivity index (χ1n) is 5.19. The summed E-state index contributed by atoms with van der Waals surface area (Å²) in [4.78, 5) is 0. The van der Waals surface area contributed by atoms with Crippen LogP contribution in [0.1, 0.15) is 19.4 Å². The van der Waals surface area contributed by atoms with E-state index in [-0.39, 0.29) is 5.75 Å². The second-order valence-electron chi connectivity index (χ2n) is 3.39. The molecule has 0 aliphatic heterocycles. The highest BCUT2D eigenvalue weighted by Gasteiger charge is 2.08. The molecule has 5 heteroatoms. The average molecular weight is 243 g/mol. The molecule has 0 fully saturated rings.